The van der Waals surface area contributed by atoms with E-state index in [4.69, 9.17) is 4.74 Å². The lowest BCUT2D eigenvalue weighted by molar-refractivity contribution is 0.102. The first-order valence-corrected chi connectivity index (χ1v) is 9.46. The van der Waals surface area contributed by atoms with Crippen LogP contribution >= 0.6 is 0 Å². The normalized spacial score (nSPS) is 14.1. The number of nitrogens with one attached hydrogen (secondary N) is 1. The van der Waals surface area contributed by atoms with Gasteiger partial charge in [-0.1, -0.05) is 12.1 Å². The number of hydrogen-bond acceptors (Lipinski definition) is 6. The van der Waals surface area contributed by atoms with Gasteiger partial charge in [0.05, 0.1) is 24.6 Å². The lowest BCUT2D eigenvalue weighted by atomic mass is 10.2. The molecule has 1 aromatic carbocycles. The Balaban J connectivity index is 1.84. The zero-order chi connectivity index (χ0) is 19.2. The van der Waals surface area contributed by atoms with Crippen molar-refractivity contribution < 1.29 is 9.53 Å². The molecule has 1 aliphatic rings. The summed E-state index contributed by atoms with van der Waals surface area (Å²) in [5, 5.41) is 3.02. The lowest BCUT2D eigenvalue weighted by Crippen LogP contribution is -2.36. The molecule has 0 radical (unpaired) electrons. The van der Waals surface area contributed by atoms with Gasteiger partial charge in [-0.2, -0.15) is 0 Å². The number of aryl methyl sites for hydroxylation is 1. The van der Waals surface area contributed by atoms with Gasteiger partial charge in [-0.05, 0) is 32.9 Å². The molecule has 1 saturated heterocycles. The van der Waals surface area contributed by atoms with Crippen LogP contribution in [0.4, 0.5) is 17.2 Å². The molecule has 0 saturated carbocycles. The summed E-state index contributed by atoms with van der Waals surface area (Å²) in [6.45, 7) is 10.6. The molecule has 0 unspecified atom stereocenters. The summed E-state index contributed by atoms with van der Waals surface area (Å²) in [5.41, 5.74) is 2.16. The number of rotatable bonds is 6. The van der Waals surface area contributed by atoms with Crippen molar-refractivity contribution in [1.82, 2.24) is 9.97 Å². The first-order chi connectivity index (χ1) is 13.1. The van der Waals surface area contributed by atoms with Crippen molar-refractivity contribution in [3.05, 3.63) is 41.9 Å². The highest BCUT2D eigenvalue weighted by Gasteiger charge is 2.18. The standard InChI is InChI=1S/C20H27N5O2/c1-4-24(5-2)19-14-17(21-15(3)22-19)20(26)23-16-8-6-7-9-18(16)25-10-12-27-13-11-25/h6-9,14H,4-5,10-13H2,1-3H3,(H,23,26). The van der Waals surface area contributed by atoms with Crippen LogP contribution in [0.25, 0.3) is 0 Å². The predicted octanol–water partition coefficient (Wildman–Crippen LogP) is 2.72. The molecule has 7 heteroatoms. The third-order valence-electron chi connectivity index (χ3n) is 4.65. The van der Waals surface area contributed by atoms with Crippen LogP contribution in [0.5, 0.6) is 0 Å². The number of nitrogens with zero attached hydrogens (tertiary/aromatic N) is 4. The smallest absolute Gasteiger partial charge is 0.274 e. The Morgan fingerprint density at radius 1 is 1.19 bits per heavy atom. The number of aromatic nitrogens is 2. The van der Waals surface area contributed by atoms with Crippen molar-refractivity contribution in [2.24, 2.45) is 0 Å². The van der Waals surface area contributed by atoms with E-state index in [1.165, 1.54) is 0 Å². The van der Waals surface area contributed by atoms with Crippen LogP contribution in [0.15, 0.2) is 30.3 Å². The number of amides is 1. The highest BCUT2D eigenvalue weighted by molar-refractivity contribution is 6.05. The number of carbonyl (C=O) groups excluding carboxylic acids is 1. The average Bonchev–Trinajstić information content (AvgIpc) is 2.69. The summed E-state index contributed by atoms with van der Waals surface area (Å²) < 4.78 is 5.43. The average molecular weight is 369 g/mol. The van der Waals surface area contributed by atoms with Crippen molar-refractivity contribution in [2.75, 3.05) is 54.5 Å². The Hall–Kier alpha value is -2.67. The maximum absolute atomic E-state index is 12.9. The van der Waals surface area contributed by atoms with Crippen LogP contribution in [0.3, 0.4) is 0 Å². The van der Waals surface area contributed by atoms with Gasteiger partial charge in [0.25, 0.3) is 5.91 Å². The lowest BCUT2D eigenvalue weighted by Gasteiger charge is -2.30. The fraction of sp³-hybridized carbons (Fsp3) is 0.450. The minimum atomic E-state index is -0.227. The highest BCUT2D eigenvalue weighted by atomic mass is 16.5. The van der Waals surface area contributed by atoms with Crippen LogP contribution in [-0.2, 0) is 4.74 Å². The Labute approximate surface area is 160 Å². The zero-order valence-electron chi connectivity index (χ0n) is 16.2. The van der Waals surface area contributed by atoms with E-state index < -0.39 is 0 Å². The maximum Gasteiger partial charge on any atom is 0.274 e. The van der Waals surface area contributed by atoms with Gasteiger partial charge in [-0.3, -0.25) is 4.79 Å². The van der Waals surface area contributed by atoms with Crippen molar-refractivity contribution in [3.8, 4) is 0 Å². The first-order valence-electron chi connectivity index (χ1n) is 9.46. The molecule has 0 atom stereocenters. The molecule has 0 spiro atoms. The molecule has 7 nitrogen and oxygen atoms in total. The molecule has 1 fully saturated rings. The van der Waals surface area contributed by atoms with Crippen LogP contribution < -0.4 is 15.1 Å². The van der Waals surface area contributed by atoms with Gasteiger partial charge in [0, 0.05) is 32.2 Å². The number of ether oxygens (including phenoxy) is 1. The third kappa shape index (κ3) is 4.54. The quantitative estimate of drug-likeness (QED) is 0.844. The second-order valence-corrected chi connectivity index (χ2v) is 6.40. The second-order valence-electron chi connectivity index (χ2n) is 6.40. The summed E-state index contributed by atoms with van der Waals surface area (Å²) in [7, 11) is 0. The van der Waals surface area contributed by atoms with Gasteiger partial charge in [-0.25, -0.2) is 9.97 Å². The molecule has 144 valence electrons. The van der Waals surface area contributed by atoms with Crippen molar-refractivity contribution in [2.45, 2.75) is 20.8 Å². The largest absolute Gasteiger partial charge is 0.378 e. The fourth-order valence-electron chi connectivity index (χ4n) is 3.22. The van der Waals surface area contributed by atoms with E-state index in [-0.39, 0.29) is 5.91 Å². The molecule has 1 aliphatic heterocycles. The van der Waals surface area contributed by atoms with Gasteiger partial charge in [0.1, 0.15) is 17.3 Å². The van der Waals surface area contributed by atoms with E-state index in [0.29, 0.717) is 24.7 Å². The third-order valence-corrected chi connectivity index (χ3v) is 4.65. The van der Waals surface area contributed by atoms with E-state index >= 15 is 0 Å². The molecule has 0 aliphatic carbocycles. The number of carbonyl (C=O) groups is 1. The van der Waals surface area contributed by atoms with Gasteiger partial charge in [-0.15, -0.1) is 0 Å². The molecular formula is C20H27N5O2. The summed E-state index contributed by atoms with van der Waals surface area (Å²) in [5.74, 6) is 1.14. The Kier molecular flexibility index (Phi) is 6.24. The van der Waals surface area contributed by atoms with E-state index in [2.05, 4.69) is 38.9 Å². The van der Waals surface area contributed by atoms with Crippen LogP contribution in [-0.4, -0.2) is 55.3 Å². The van der Waals surface area contributed by atoms with Crippen LogP contribution in [0, 0.1) is 6.92 Å². The monoisotopic (exact) mass is 369 g/mol. The number of benzene rings is 1. The van der Waals surface area contributed by atoms with Gasteiger partial charge in [0.15, 0.2) is 0 Å². The molecule has 1 aromatic heterocycles. The van der Waals surface area contributed by atoms with Gasteiger partial charge in [0.2, 0.25) is 0 Å². The van der Waals surface area contributed by atoms with E-state index in [9.17, 15) is 4.79 Å². The van der Waals surface area contributed by atoms with E-state index in [1.54, 1.807) is 6.07 Å². The SMILES string of the molecule is CCN(CC)c1cc(C(=O)Nc2ccccc2N2CCOCC2)nc(C)n1. The summed E-state index contributed by atoms with van der Waals surface area (Å²) in [6, 6.07) is 9.60. The zero-order valence-corrected chi connectivity index (χ0v) is 16.2. The topological polar surface area (TPSA) is 70.6 Å². The summed E-state index contributed by atoms with van der Waals surface area (Å²) in [4.78, 5) is 26.0. The second kappa shape index (κ2) is 8.81. The maximum atomic E-state index is 12.9. The van der Waals surface area contributed by atoms with Gasteiger partial charge >= 0.3 is 0 Å². The fourth-order valence-corrected chi connectivity index (χ4v) is 3.22. The van der Waals surface area contributed by atoms with E-state index in [0.717, 1.165) is 43.4 Å². The van der Waals surface area contributed by atoms with Crippen LogP contribution in [0.2, 0.25) is 0 Å². The molecular weight excluding hydrogens is 342 g/mol. The Bertz CT molecular complexity index is 786. The number of hydrogen-bond donors (Lipinski definition) is 1. The number of para-hydroxylation sites is 2. The Morgan fingerprint density at radius 3 is 2.59 bits per heavy atom. The van der Waals surface area contributed by atoms with Crippen molar-refractivity contribution in [1.29, 1.82) is 0 Å². The molecule has 3 rings (SSSR count). The Morgan fingerprint density at radius 2 is 1.89 bits per heavy atom. The van der Waals surface area contributed by atoms with E-state index in [1.807, 2.05) is 31.2 Å². The predicted molar refractivity (Wildman–Crippen MR) is 108 cm³/mol. The molecule has 1 amide bonds. The van der Waals surface area contributed by atoms with Crippen molar-refractivity contribution >= 4 is 23.1 Å². The molecule has 2 heterocycles. The van der Waals surface area contributed by atoms with Gasteiger partial charge < -0.3 is 19.9 Å². The number of anilines is 3. The molecule has 0 bridgehead atoms. The molecule has 2 aromatic rings. The summed E-state index contributed by atoms with van der Waals surface area (Å²) >= 11 is 0. The number of morpholine rings is 1. The highest BCUT2D eigenvalue weighted by Crippen LogP contribution is 2.27. The van der Waals surface area contributed by atoms with Crippen LogP contribution in [0.1, 0.15) is 30.2 Å². The molecule has 27 heavy (non-hydrogen) atoms. The minimum absolute atomic E-state index is 0.227. The summed E-state index contributed by atoms with van der Waals surface area (Å²) in [6.07, 6.45) is 0. The van der Waals surface area contributed by atoms with Crippen molar-refractivity contribution in [3.63, 3.8) is 0 Å². The first kappa shape index (κ1) is 19.1. The molecule has 1 N–H and O–H groups in total. The minimum Gasteiger partial charge on any atom is -0.378 e.